The van der Waals surface area contributed by atoms with Crippen LogP contribution in [0.3, 0.4) is 0 Å². The van der Waals surface area contributed by atoms with Gasteiger partial charge in [-0.2, -0.15) is 0 Å². The second kappa shape index (κ2) is 6.17. The normalized spacial score (nSPS) is 21.4. The maximum absolute atomic E-state index is 12.0. The average Bonchev–Trinajstić information content (AvgIpc) is 2.96. The number of Topliss-reactive ketones (excluding diaryl/α,β-unsaturated/α-hetero) is 1. The molecule has 0 N–H and O–H groups in total. The summed E-state index contributed by atoms with van der Waals surface area (Å²) in [6.45, 7) is 4.26. The van der Waals surface area contributed by atoms with Gasteiger partial charge in [0.25, 0.3) is 0 Å². The SMILES string of the molecule is CCOC(=O)C(C(=O)OCC)C1CC(=O)C2=C1COC2. The van der Waals surface area contributed by atoms with E-state index in [1.165, 1.54) is 0 Å². The fourth-order valence-corrected chi connectivity index (χ4v) is 2.69. The fraction of sp³-hybridized carbons (Fsp3) is 0.643. The summed E-state index contributed by atoms with van der Waals surface area (Å²) >= 11 is 0. The fourth-order valence-electron chi connectivity index (χ4n) is 2.69. The Morgan fingerprint density at radius 1 is 1.20 bits per heavy atom. The summed E-state index contributed by atoms with van der Waals surface area (Å²) in [5.74, 6) is -2.89. The molecule has 0 amide bonds. The van der Waals surface area contributed by atoms with Crippen molar-refractivity contribution in [3.63, 3.8) is 0 Å². The summed E-state index contributed by atoms with van der Waals surface area (Å²) in [6.07, 6.45) is 0.149. The van der Waals surface area contributed by atoms with Gasteiger partial charge in [0.05, 0.1) is 26.4 Å². The van der Waals surface area contributed by atoms with E-state index in [9.17, 15) is 14.4 Å². The van der Waals surface area contributed by atoms with Crippen LogP contribution in [0.1, 0.15) is 20.3 Å². The predicted octanol–water partition coefficient (Wildman–Crippen LogP) is 0.645. The topological polar surface area (TPSA) is 78.9 Å². The van der Waals surface area contributed by atoms with Gasteiger partial charge in [-0.15, -0.1) is 0 Å². The first-order valence-corrected chi connectivity index (χ1v) is 6.76. The van der Waals surface area contributed by atoms with Crippen LogP contribution in [0.25, 0.3) is 0 Å². The summed E-state index contributed by atoms with van der Waals surface area (Å²) < 4.78 is 15.1. The molecule has 1 heterocycles. The average molecular weight is 282 g/mol. The third-order valence-corrected chi connectivity index (χ3v) is 3.56. The first-order chi connectivity index (χ1) is 9.60. The minimum atomic E-state index is -1.08. The minimum Gasteiger partial charge on any atom is -0.465 e. The number of carbonyl (C=O) groups excluding carboxylic acids is 3. The van der Waals surface area contributed by atoms with Crippen LogP contribution in [0.2, 0.25) is 0 Å². The van der Waals surface area contributed by atoms with Gasteiger partial charge in [0, 0.05) is 17.9 Å². The molecular formula is C14H18O6. The zero-order chi connectivity index (χ0) is 14.7. The maximum atomic E-state index is 12.0. The molecule has 0 aromatic rings. The van der Waals surface area contributed by atoms with Crippen molar-refractivity contribution >= 4 is 17.7 Å². The highest BCUT2D eigenvalue weighted by Gasteiger charge is 2.46. The van der Waals surface area contributed by atoms with E-state index in [0.717, 1.165) is 5.57 Å². The molecule has 1 unspecified atom stereocenters. The highest BCUT2D eigenvalue weighted by Crippen LogP contribution is 2.39. The number of ether oxygens (including phenoxy) is 3. The highest BCUT2D eigenvalue weighted by atomic mass is 16.6. The Bertz CT molecular complexity index is 446. The molecule has 0 saturated carbocycles. The summed E-state index contributed by atoms with van der Waals surface area (Å²) in [5, 5.41) is 0. The Labute approximate surface area is 117 Å². The van der Waals surface area contributed by atoms with E-state index in [2.05, 4.69) is 0 Å². The lowest BCUT2D eigenvalue weighted by Crippen LogP contribution is -2.35. The van der Waals surface area contributed by atoms with Gasteiger partial charge < -0.3 is 14.2 Å². The Balaban J connectivity index is 2.25. The van der Waals surface area contributed by atoms with Crippen LogP contribution in [0, 0.1) is 11.8 Å². The molecule has 2 aliphatic rings. The molecule has 2 rings (SSSR count). The van der Waals surface area contributed by atoms with Crippen molar-refractivity contribution in [1.82, 2.24) is 0 Å². The first kappa shape index (κ1) is 14.7. The van der Waals surface area contributed by atoms with E-state index in [1.54, 1.807) is 13.8 Å². The van der Waals surface area contributed by atoms with Gasteiger partial charge in [0.1, 0.15) is 0 Å². The molecule has 1 atom stereocenters. The van der Waals surface area contributed by atoms with Crippen molar-refractivity contribution in [2.75, 3.05) is 26.4 Å². The monoisotopic (exact) mass is 282 g/mol. The van der Waals surface area contributed by atoms with Crippen LogP contribution in [-0.2, 0) is 28.6 Å². The zero-order valence-corrected chi connectivity index (χ0v) is 11.6. The van der Waals surface area contributed by atoms with E-state index in [1.807, 2.05) is 0 Å². The van der Waals surface area contributed by atoms with Crippen LogP contribution < -0.4 is 0 Å². The summed E-state index contributed by atoms with van der Waals surface area (Å²) in [4.78, 5) is 36.0. The quantitative estimate of drug-likeness (QED) is 0.544. The number of hydrogen-bond acceptors (Lipinski definition) is 6. The van der Waals surface area contributed by atoms with Crippen molar-refractivity contribution in [3.8, 4) is 0 Å². The molecule has 0 bridgehead atoms. The van der Waals surface area contributed by atoms with Crippen LogP contribution >= 0.6 is 0 Å². The lowest BCUT2D eigenvalue weighted by molar-refractivity contribution is -0.163. The zero-order valence-electron chi connectivity index (χ0n) is 11.6. The second-order valence-electron chi connectivity index (χ2n) is 4.71. The number of esters is 2. The van der Waals surface area contributed by atoms with Crippen LogP contribution in [0.5, 0.6) is 0 Å². The smallest absolute Gasteiger partial charge is 0.320 e. The van der Waals surface area contributed by atoms with Gasteiger partial charge in [-0.1, -0.05) is 0 Å². The van der Waals surface area contributed by atoms with Gasteiger partial charge >= 0.3 is 11.9 Å². The molecular weight excluding hydrogens is 264 g/mol. The van der Waals surface area contributed by atoms with Crippen molar-refractivity contribution in [2.24, 2.45) is 11.8 Å². The van der Waals surface area contributed by atoms with Crippen molar-refractivity contribution in [3.05, 3.63) is 11.1 Å². The standard InChI is InChI=1S/C14H18O6/c1-3-19-13(16)12(14(17)20-4-2)8-5-11(15)10-7-18-6-9(8)10/h8,12H,3-7H2,1-2H3. The van der Waals surface area contributed by atoms with Crippen molar-refractivity contribution < 1.29 is 28.6 Å². The molecule has 1 aliphatic heterocycles. The molecule has 1 aliphatic carbocycles. The third kappa shape index (κ3) is 2.60. The van der Waals surface area contributed by atoms with Gasteiger partial charge in [0.2, 0.25) is 0 Å². The Kier molecular flexibility index (Phi) is 4.54. The van der Waals surface area contributed by atoms with E-state index < -0.39 is 23.8 Å². The number of hydrogen-bond donors (Lipinski definition) is 0. The van der Waals surface area contributed by atoms with Crippen LogP contribution in [-0.4, -0.2) is 44.1 Å². The molecule has 110 valence electrons. The Hall–Kier alpha value is -1.69. The molecule has 0 radical (unpaired) electrons. The van der Waals surface area contributed by atoms with E-state index in [-0.39, 0.29) is 32.0 Å². The third-order valence-electron chi connectivity index (χ3n) is 3.56. The predicted molar refractivity (Wildman–Crippen MR) is 67.7 cm³/mol. The molecule has 0 fully saturated rings. The highest BCUT2D eigenvalue weighted by molar-refractivity contribution is 6.03. The van der Waals surface area contributed by atoms with Gasteiger partial charge in [-0.3, -0.25) is 14.4 Å². The van der Waals surface area contributed by atoms with E-state index in [4.69, 9.17) is 14.2 Å². The van der Waals surface area contributed by atoms with Gasteiger partial charge in [-0.25, -0.2) is 0 Å². The maximum Gasteiger partial charge on any atom is 0.320 e. The summed E-state index contributed by atoms with van der Waals surface area (Å²) in [7, 11) is 0. The van der Waals surface area contributed by atoms with E-state index in [0.29, 0.717) is 12.2 Å². The number of rotatable bonds is 5. The second-order valence-corrected chi connectivity index (χ2v) is 4.71. The minimum absolute atomic E-state index is 0.0545. The van der Waals surface area contributed by atoms with Crippen LogP contribution in [0.4, 0.5) is 0 Å². The van der Waals surface area contributed by atoms with Crippen LogP contribution in [0.15, 0.2) is 11.1 Å². The van der Waals surface area contributed by atoms with Crippen molar-refractivity contribution in [1.29, 1.82) is 0 Å². The summed E-state index contributed by atoms with van der Waals surface area (Å²) in [5.41, 5.74) is 1.36. The molecule has 0 saturated heterocycles. The molecule has 6 heteroatoms. The first-order valence-electron chi connectivity index (χ1n) is 6.76. The van der Waals surface area contributed by atoms with Crippen molar-refractivity contribution in [2.45, 2.75) is 20.3 Å². The van der Waals surface area contributed by atoms with Gasteiger partial charge in [-0.05, 0) is 19.4 Å². The summed E-state index contributed by atoms with van der Waals surface area (Å²) in [6, 6.07) is 0. The number of ketones is 1. The molecule has 0 aromatic heterocycles. The Morgan fingerprint density at radius 3 is 2.35 bits per heavy atom. The van der Waals surface area contributed by atoms with E-state index >= 15 is 0 Å². The molecule has 6 nitrogen and oxygen atoms in total. The largest absolute Gasteiger partial charge is 0.465 e. The Morgan fingerprint density at radius 2 is 1.80 bits per heavy atom. The molecule has 0 aromatic carbocycles. The molecule has 0 spiro atoms. The lowest BCUT2D eigenvalue weighted by Gasteiger charge is -2.21. The lowest BCUT2D eigenvalue weighted by atomic mass is 9.86. The number of carbonyl (C=O) groups is 3. The molecule has 20 heavy (non-hydrogen) atoms. The van der Waals surface area contributed by atoms with Gasteiger partial charge in [0.15, 0.2) is 11.7 Å².